The third-order valence-corrected chi connectivity index (χ3v) is 3.64. The quantitative estimate of drug-likeness (QED) is 0.582. The molecule has 0 saturated heterocycles. The molecule has 0 saturated carbocycles. The first-order valence-corrected chi connectivity index (χ1v) is 7.04. The van der Waals surface area contributed by atoms with Crippen LogP contribution < -0.4 is 10.7 Å². The second kappa shape index (κ2) is 5.47. The van der Waals surface area contributed by atoms with Crippen LogP contribution in [-0.2, 0) is 6.54 Å². The van der Waals surface area contributed by atoms with Crippen molar-refractivity contribution in [3.63, 3.8) is 0 Å². The second-order valence-corrected chi connectivity index (χ2v) is 4.87. The molecule has 0 amide bonds. The van der Waals surface area contributed by atoms with E-state index in [1.165, 1.54) is 0 Å². The zero-order valence-electron chi connectivity index (χ0n) is 11.6. The average molecular weight is 266 g/mol. The topological polar surface area (TPSA) is 34.0 Å². The van der Waals surface area contributed by atoms with Gasteiger partial charge < -0.3 is 9.88 Å². The lowest BCUT2D eigenvalue weighted by molar-refractivity contribution is 0.635. The fourth-order valence-corrected chi connectivity index (χ4v) is 2.69. The van der Waals surface area contributed by atoms with Crippen LogP contribution in [0.4, 0.5) is 0 Å². The fraction of sp³-hybridized carbons (Fsp3) is 0.235. The third-order valence-electron chi connectivity index (χ3n) is 3.64. The van der Waals surface area contributed by atoms with Crippen molar-refractivity contribution < 1.29 is 0 Å². The van der Waals surface area contributed by atoms with E-state index < -0.39 is 0 Å². The van der Waals surface area contributed by atoms with Gasteiger partial charge in [0.1, 0.15) is 0 Å². The molecule has 2 aromatic carbocycles. The van der Waals surface area contributed by atoms with Crippen LogP contribution in [0.3, 0.4) is 0 Å². The van der Waals surface area contributed by atoms with E-state index in [0.717, 1.165) is 41.4 Å². The molecule has 0 fully saturated rings. The first-order valence-electron chi connectivity index (χ1n) is 7.04. The molecule has 0 aliphatic carbocycles. The highest BCUT2D eigenvalue weighted by Gasteiger charge is 2.09. The van der Waals surface area contributed by atoms with Crippen LogP contribution in [0.2, 0.25) is 0 Å². The number of aromatic nitrogens is 1. The summed E-state index contributed by atoms with van der Waals surface area (Å²) in [4.78, 5) is 12.5. The van der Waals surface area contributed by atoms with Gasteiger partial charge in [-0.05, 0) is 30.8 Å². The van der Waals surface area contributed by atoms with E-state index in [1.807, 2.05) is 48.5 Å². The molecule has 20 heavy (non-hydrogen) atoms. The average Bonchev–Trinajstić information content (AvgIpc) is 2.51. The van der Waals surface area contributed by atoms with E-state index in [9.17, 15) is 4.79 Å². The molecule has 0 spiro atoms. The van der Waals surface area contributed by atoms with Crippen molar-refractivity contribution in [1.82, 2.24) is 9.88 Å². The summed E-state index contributed by atoms with van der Waals surface area (Å²) in [5.74, 6) is 0. The van der Waals surface area contributed by atoms with Gasteiger partial charge in [0.25, 0.3) is 0 Å². The van der Waals surface area contributed by atoms with E-state index in [4.69, 9.17) is 0 Å². The number of para-hydroxylation sites is 2. The van der Waals surface area contributed by atoms with Crippen molar-refractivity contribution in [2.45, 2.75) is 13.5 Å². The zero-order chi connectivity index (χ0) is 13.9. The minimum atomic E-state index is 0.121. The van der Waals surface area contributed by atoms with Gasteiger partial charge in [-0.25, -0.2) is 0 Å². The predicted molar refractivity (Wildman–Crippen MR) is 84.3 cm³/mol. The molecule has 0 aliphatic rings. The number of hydrogen-bond donors (Lipinski definition) is 1. The first-order chi connectivity index (χ1) is 9.83. The van der Waals surface area contributed by atoms with Crippen molar-refractivity contribution in [2.75, 3.05) is 13.1 Å². The standard InChI is InChI=1S/C17H18N2O/c1-2-18-11-12-19-15-9-5-3-7-13(15)17(20)14-8-4-6-10-16(14)19/h3-10,18H,2,11-12H2,1H3. The van der Waals surface area contributed by atoms with E-state index in [1.54, 1.807) is 0 Å². The third kappa shape index (κ3) is 2.10. The molecule has 1 heterocycles. The van der Waals surface area contributed by atoms with Gasteiger partial charge in [-0.2, -0.15) is 0 Å². The number of likely N-dealkylation sites (N-methyl/N-ethyl adjacent to an activating group) is 1. The summed E-state index contributed by atoms with van der Waals surface area (Å²) in [6.07, 6.45) is 0. The van der Waals surface area contributed by atoms with Crippen LogP contribution in [0.5, 0.6) is 0 Å². The molecule has 0 unspecified atom stereocenters. The first kappa shape index (κ1) is 12.9. The molecule has 1 N–H and O–H groups in total. The van der Waals surface area contributed by atoms with Gasteiger partial charge in [0.05, 0.1) is 11.0 Å². The molecule has 3 rings (SSSR count). The summed E-state index contributed by atoms with van der Waals surface area (Å²) in [6.45, 7) is 4.81. The Balaban J connectivity index is 2.31. The minimum Gasteiger partial charge on any atom is -0.339 e. The normalized spacial score (nSPS) is 11.2. The van der Waals surface area contributed by atoms with E-state index in [-0.39, 0.29) is 5.43 Å². The maximum Gasteiger partial charge on any atom is 0.197 e. The molecule has 0 atom stereocenters. The van der Waals surface area contributed by atoms with E-state index >= 15 is 0 Å². The molecule has 3 nitrogen and oxygen atoms in total. The van der Waals surface area contributed by atoms with Gasteiger partial charge in [-0.3, -0.25) is 4.79 Å². The highest BCUT2D eigenvalue weighted by Crippen LogP contribution is 2.18. The van der Waals surface area contributed by atoms with Crippen LogP contribution in [-0.4, -0.2) is 17.7 Å². The Morgan fingerprint density at radius 3 is 2.05 bits per heavy atom. The van der Waals surface area contributed by atoms with E-state index in [2.05, 4.69) is 16.8 Å². The zero-order valence-corrected chi connectivity index (χ0v) is 11.6. The molecular formula is C17H18N2O. The van der Waals surface area contributed by atoms with Crippen molar-refractivity contribution in [3.8, 4) is 0 Å². The van der Waals surface area contributed by atoms with Crippen molar-refractivity contribution in [1.29, 1.82) is 0 Å². The lowest BCUT2D eigenvalue weighted by Gasteiger charge is -2.15. The van der Waals surface area contributed by atoms with Crippen LogP contribution in [0.1, 0.15) is 6.92 Å². The predicted octanol–water partition coefficient (Wildman–Crippen LogP) is 2.76. The van der Waals surface area contributed by atoms with Gasteiger partial charge in [-0.15, -0.1) is 0 Å². The lowest BCUT2D eigenvalue weighted by atomic mass is 10.1. The summed E-state index contributed by atoms with van der Waals surface area (Å²) in [7, 11) is 0. The molecule has 0 bridgehead atoms. The number of nitrogens with zero attached hydrogens (tertiary/aromatic N) is 1. The van der Waals surface area contributed by atoms with Crippen molar-refractivity contribution in [2.24, 2.45) is 0 Å². The molecule has 0 aliphatic heterocycles. The number of rotatable bonds is 4. The van der Waals surface area contributed by atoms with Gasteiger partial charge in [-0.1, -0.05) is 31.2 Å². The Kier molecular flexibility index (Phi) is 3.52. The number of hydrogen-bond acceptors (Lipinski definition) is 2. The van der Waals surface area contributed by atoms with Gasteiger partial charge in [0, 0.05) is 23.9 Å². The summed E-state index contributed by atoms with van der Waals surface area (Å²) in [5, 5.41) is 4.93. The molecule has 1 aromatic heterocycles. The Bertz CT molecular complexity index is 745. The Morgan fingerprint density at radius 2 is 1.50 bits per heavy atom. The van der Waals surface area contributed by atoms with Crippen molar-refractivity contribution >= 4 is 21.8 Å². The Labute approximate surface area is 117 Å². The summed E-state index contributed by atoms with van der Waals surface area (Å²) in [6, 6.07) is 15.7. The summed E-state index contributed by atoms with van der Waals surface area (Å²) < 4.78 is 2.23. The smallest absolute Gasteiger partial charge is 0.197 e. The highest BCUT2D eigenvalue weighted by molar-refractivity contribution is 5.93. The molecule has 3 aromatic rings. The molecule has 0 radical (unpaired) electrons. The van der Waals surface area contributed by atoms with Crippen molar-refractivity contribution in [3.05, 3.63) is 58.8 Å². The maximum atomic E-state index is 12.5. The largest absolute Gasteiger partial charge is 0.339 e. The Morgan fingerprint density at radius 1 is 0.950 bits per heavy atom. The molecule has 3 heteroatoms. The number of nitrogens with one attached hydrogen (secondary N) is 1. The summed E-state index contributed by atoms with van der Waals surface area (Å²) >= 11 is 0. The summed E-state index contributed by atoms with van der Waals surface area (Å²) in [5.41, 5.74) is 2.14. The van der Waals surface area contributed by atoms with Crippen LogP contribution in [0.25, 0.3) is 21.8 Å². The minimum absolute atomic E-state index is 0.121. The van der Waals surface area contributed by atoms with Gasteiger partial charge in [0.2, 0.25) is 0 Å². The fourth-order valence-electron chi connectivity index (χ4n) is 2.69. The highest BCUT2D eigenvalue weighted by atomic mass is 16.1. The maximum absolute atomic E-state index is 12.5. The number of pyridine rings is 1. The SMILES string of the molecule is CCNCCn1c2ccccc2c(=O)c2ccccc21. The lowest BCUT2D eigenvalue weighted by Crippen LogP contribution is -2.21. The Hall–Kier alpha value is -2.13. The molecule has 102 valence electrons. The second-order valence-electron chi connectivity index (χ2n) is 4.87. The van der Waals surface area contributed by atoms with Crippen LogP contribution in [0.15, 0.2) is 53.3 Å². The molecular weight excluding hydrogens is 248 g/mol. The van der Waals surface area contributed by atoms with Gasteiger partial charge in [0.15, 0.2) is 5.43 Å². The monoisotopic (exact) mass is 266 g/mol. The van der Waals surface area contributed by atoms with Gasteiger partial charge >= 0.3 is 0 Å². The van der Waals surface area contributed by atoms with Crippen LogP contribution >= 0.6 is 0 Å². The van der Waals surface area contributed by atoms with Crippen LogP contribution in [0, 0.1) is 0 Å². The van der Waals surface area contributed by atoms with E-state index in [0.29, 0.717) is 0 Å². The number of benzene rings is 2. The number of fused-ring (bicyclic) bond motifs is 2.